The predicted octanol–water partition coefficient (Wildman–Crippen LogP) is 4.34. The number of halogens is 1. The van der Waals surface area contributed by atoms with Gasteiger partial charge in [0.2, 0.25) is 0 Å². The summed E-state index contributed by atoms with van der Waals surface area (Å²) in [4.78, 5) is 15.1. The standard InChI is InChI=1S/C16H19ClN2OS/c1-3-8-19(9-12-6-4-5-7-13(12)18)16(20)15-14(17)11(2)10-21-15/h4-7,10H,3,8-9,18H2,1-2H3. The Morgan fingerprint density at radius 2 is 2.10 bits per heavy atom. The van der Waals surface area contributed by atoms with Gasteiger partial charge in [-0.15, -0.1) is 11.3 Å². The number of amides is 1. The van der Waals surface area contributed by atoms with E-state index < -0.39 is 0 Å². The molecule has 0 aliphatic rings. The molecule has 0 unspecified atom stereocenters. The largest absolute Gasteiger partial charge is 0.398 e. The molecule has 0 saturated heterocycles. The van der Waals surface area contributed by atoms with Crippen molar-refractivity contribution < 1.29 is 4.79 Å². The van der Waals surface area contributed by atoms with E-state index in [2.05, 4.69) is 6.92 Å². The maximum Gasteiger partial charge on any atom is 0.265 e. The van der Waals surface area contributed by atoms with Crippen LogP contribution < -0.4 is 5.73 Å². The fraction of sp³-hybridized carbons (Fsp3) is 0.312. The molecule has 112 valence electrons. The first-order valence-electron chi connectivity index (χ1n) is 6.90. The van der Waals surface area contributed by atoms with E-state index in [1.54, 1.807) is 0 Å². The maximum absolute atomic E-state index is 12.7. The molecule has 0 saturated carbocycles. The van der Waals surface area contributed by atoms with Gasteiger partial charge in [0.25, 0.3) is 5.91 Å². The van der Waals surface area contributed by atoms with Crippen molar-refractivity contribution in [2.24, 2.45) is 0 Å². The van der Waals surface area contributed by atoms with Gasteiger partial charge in [-0.1, -0.05) is 36.7 Å². The van der Waals surface area contributed by atoms with Crippen LogP contribution in [0, 0.1) is 6.92 Å². The fourth-order valence-corrected chi connectivity index (χ4v) is 3.36. The molecule has 3 nitrogen and oxygen atoms in total. The van der Waals surface area contributed by atoms with Crippen LogP contribution in [0.1, 0.15) is 34.1 Å². The van der Waals surface area contributed by atoms with Gasteiger partial charge < -0.3 is 10.6 Å². The van der Waals surface area contributed by atoms with Crippen molar-refractivity contribution in [1.82, 2.24) is 4.90 Å². The lowest BCUT2D eigenvalue weighted by molar-refractivity contribution is 0.0748. The van der Waals surface area contributed by atoms with Crippen molar-refractivity contribution in [2.45, 2.75) is 26.8 Å². The molecule has 1 heterocycles. The van der Waals surface area contributed by atoms with Crippen LogP contribution in [-0.2, 0) is 6.54 Å². The van der Waals surface area contributed by atoms with E-state index in [0.29, 0.717) is 28.7 Å². The molecule has 2 N–H and O–H groups in total. The number of rotatable bonds is 5. The van der Waals surface area contributed by atoms with Crippen LogP contribution in [0.4, 0.5) is 5.69 Å². The number of nitrogen functional groups attached to an aromatic ring is 1. The summed E-state index contributed by atoms with van der Waals surface area (Å²) in [6.45, 7) is 5.15. The molecule has 1 aromatic heterocycles. The zero-order chi connectivity index (χ0) is 15.4. The van der Waals surface area contributed by atoms with Gasteiger partial charge in [-0.25, -0.2) is 0 Å². The van der Waals surface area contributed by atoms with Crippen molar-refractivity contribution >= 4 is 34.5 Å². The molecule has 0 spiro atoms. The van der Waals surface area contributed by atoms with Crippen LogP contribution in [0.5, 0.6) is 0 Å². The second-order valence-electron chi connectivity index (χ2n) is 4.99. The summed E-state index contributed by atoms with van der Waals surface area (Å²) in [5, 5.41) is 2.48. The summed E-state index contributed by atoms with van der Waals surface area (Å²) in [6.07, 6.45) is 0.889. The lowest BCUT2D eigenvalue weighted by Crippen LogP contribution is -2.31. The van der Waals surface area contributed by atoms with Crippen molar-refractivity contribution in [3.63, 3.8) is 0 Å². The van der Waals surface area contributed by atoms with Crippen LogP contribution >= 0.6 is 22.9 Å². The Morgan fingerprint density at radius 3 is 2.67 bits per heavy atom. The Kier molecular flexibility index (Phi) is 5.26. The van der Waals surface area contributed by atoms with E-state index in [0.717, 1.165) is 17.5 Å². The molecule has 0 fully saturated rings. The first-order valence-corrected chi connectivity index (χ1v) is 8.16. The van der Waals surface area contributed by atoms with Crippen LogP contribution in [0.3, 0.4) is 0 Å². The van der Waals surface area contributed by atoms with Crippen molar-refractivity contribution in [2.75, 3.05) is 12.3 Å². The third kappa shape index (κ3) is 3.57. The molecule has 0 atom stereocenters. The average Bonchev–Trinajstić information content (AvgIpc) is 2.80. The summed E-state index contributed by atoms with van der Waals surface area (Å²) < 4.78 is 0. The molecule has 0 aliphatic carbocycles. The number of thiophene rings is 1. The minimum atomic E-state index is -0.0248. The molecule has 2 aromatic rings. The summed E-state index contributed by atoms with van der Waals surface area (Å²) in [5.74, 6) is -0.0248. The normalized spacial score (nSPS) is 10.6. The summed E-state index contributed by atoms with van der Waals surface area (Å²) >= 11 is 7.62. The number of hydrogen-bond donors (Lipinski definition) is 1. The third-order valence-electron chi connectivity index (χ3n) is 3.29. The number of nitrogens with two attached hydrogens (primary N) is 1. The van der Waals surface area contributed by atoms with E-state index >= 15 is 0 Å². The van der Waals surface area contributed by atoms with Crippen molar-refractivity contribution in [3.05, 3.63) is 50.7 Å². The van der Waals surface area contributed by atoms with E-state index in [9.17, 15) is 4.79 Å². The lowest BCUT2D eigenvalue weighted by Gasteiger charge is -2.22. The number of nitrogens with zero attached hydrogens (tertiary/aromatic N) is 1. The quantitative estimate of drug-likeness (QED) is 0.832. The number of hydrogen-bond acceptors (Lipinski definition) is 3. The summed E-state index contributed by atoms with van der Waals surface area (Å²) in [7, 11) is 0. The summed E-state index contributed by atoms with van der Waals surface area (Å²) in [6, 6.07) is 7.63. The molecule has 0 aliphatic heterocycles. The Morgan fingerprint density at radius 1 is 1.38 bits per heavy atom. The zero-order valence-corrected chi connectivity index (χ0v) is 13.8. The molecule has 1 aromatic carbocycles. The molecular formula is C16H19ClN2OS. The van der Waals surface area contributed by atoms with Gasteiger partial charge in [0.05, 0.1) is 5.02 Å². The second kappa shape index (κ2) is 6.96. The Labute approximate surface area is 134 Å². The van der Waals surface area contributed by atoms with E-state index in [4.69, 9.17) is 17.3 Å². The minimum Gasteiger partial charge on any atom is -0.398 e. The van der Waals surface area contributed by atoms with Crippen LogP contribution in [0.15, 0.2) is 29.6 Å². The van der Waals surface area contributed by atoms with Crippen LogP contribution in [-0.4, -0.2) is 17.4 Å². The lowest BCUT2D eigenvalue weighted by atomic mass is 10.1. The average molecular weight is 323 g/mol. The number of para-hydroxylation sites is 1. The number of anilines is 1. The molecule has 2 rings (SSSR count). The van der Waals surface area contributed by atoms with Crippen LogP contribution in [0.2, 0.25) is 5.02 Å². The van der Waals surface area contributed by atoms with E-state index in [1.165, 1.54) is 11.3 Å². The maximum atomic E-state index is 12.7. The Bertz CT molecular complexity index is 639. The molecule has 1 amide bonds. The number of aryl methyl sites for hydroxylation is 1. The highest BCUT2D eigenvalue weighted by Crippen LogP contribution is 2.29. The molecular weight excluding hydrogens is 304 g/mol. The van der Waals surface area contributed by atoms with Gasteiger partial charge >= 0.3 is 0 Å². The molecule has 0 radical (unpaired) electrons. The number of carbonyl (C=O) groups is 1. The van der Waals surface area contributed by atoms with Gasteiger partial charge in [0.1, 0.15) is 4.88 Å². The summed E-state index contributed by atoms with van der Waals surface area (Å²) in [5.41, 5.74) is 8.59. The van der Waals surface area contributed by atoms with Crippen LogP contribution in [0.25, 0.3) is 0 Å². The van der Waals surface area contributed by atoms with Crippen molar-refractivity contribution in [1.29, 1.82) is 0 Å². The Hall–Kier alpha value is -1.52. The highest BCUT2D eigenvalue weighted by molar-refractivity contribution is 7.13. The smallest absolute Gasteiger partial charge is 0.265 e. The third-order valence-corrected chi connectivity index (χ3v) is 4.98. The van der Waals surface area contributed by atoms with E-state index in [1.807, 2.05) is 41.5 Å². The molecule has 0 bridgehead atoms. The predicted molar refractivity (Wildman–Crippen MR) is 90.0 cm³/mol. The number of carbonyl (C=O) groups excluding carboxylic acids is 1. The van der Waals surface area contributed by atoms with Gasteiger partial charge in [-0.3, -0.25) is 4.79 Å². The monoisotopic (exact) mass is 322 g/mol. The second-order valence-corrected chi connectivity index (χ2v) is 6.24. The zero-order valence-electron chi connectivity index (χ0n) is 12.2. The number of benzene rings is 1. The van der Waals surface area contributed by atoms with Gasteiger partial charge in [-0.2, -0.15) is 0 Å². The SMILES string of the molecule is CCCN(Cc1ccccc1N)C(=O)c1scc(C)c1Cl. The first kappa shape index (κ1) is 15.9. The topological polar surface area (TPSA) is 46.3 Å². The van der Waals surface area contributed by atoms with Gasteiger partial charge in [0, 0.05) is 18.8 Å². The Balaban J connectivity index is 2.25. The van der Waals surface area contributed by atoms with Crippen molar-refractivity contribution in [3.8, 4) is 0 Å². The van der Waals surface area contributed by atoms with Gasteiger partial charge in [-0.05, 0) is 35.9 Å². The first-order chi connectivity index (χ1) is 10.0. The minimum absolute atomic E-state index is 0.0248. The highest BCUT2D eigenvalue weighted by atomic mass is 35.5. The van der Waals surface area contributed by atoms with E-state index in [-0.39, 0.29) is 5.91 Å². The molecule has 5 heteroatoms. The van der Waals surface area contributed by atoms with Gasteiger partial charge in [0.15, 0.2) is 0 Å². The fourth-order valence-electron chi connectivity index (χ4n) is 2.12. The highest BCUT2D eigenvalue weighted by Gasteiger charge is 2.21. The molecule has 21 heavy (non-hydrogen) atoms.